The van der Waals surface area contributed by atoms with Crippen molar-refractivity contribution in [2.24, 2.45) is 0 Å². The number of hydroxylamine groups is 1. The van der Waals surface area contributed by atoms with E-state index < -0.39 is 5.91 Å². The van der Waals surface area contributed by atoms with Crippen LogP contribution in [0.15, 0.2) is 48.5 Å². The molecule has 1 aliphatic heterocycles. The Morgan fingerprint density at radius 3 is 1.72 bits per heavy atom. The summed E-state index contributed by atoms with van der Waals surface area (Å²) in [5.74, 6) is -0.971. The lowest BCUT2D eigenvalue weighted by atomic mass is 9.93. The molecule has 0 atom stereocenters. The van der Waals surface area contributed by atoms with Crippen molar-refractivity contribution in [2.45, 2.75) is 59.8 Å². The van der Waals surface area contributed by atoms with E-state index in [0.29, 0.717) is 30.5 Å². The maximum Gasteiger partial charge on any atom is 0.262 e. The molecule has 0 fully saturated rings. The molecule has 0 aliphatic carbocycles. The summed E-state index contributed by atoms with van der Waals surface area (Å²) in [5.41, 5.74) is 7.58. The zero-order valence-corrected chi connectivity index (χ0v) is 23.0. The van der Waals surface area contributed by atoms with E-state index in [-0.39, 0.29) is 18.2 Å². The summed E-state index contributed by atoms with van der Waals surface area (Å²) in [6.07, 6.45) is 3.04. The first-order chi connectivity index (χ1) is 18.9. The van der Waals surface area contributed by atoms with Gasteiger partial charge < -0.3 is 9.97 Å². The van der Waals surface area contributed by atoms with Gasteiger partial charge >= 0.3 is 0 Å². The molecule has 39 heavy (non-hydrogen) atoms. The maximum atomic E-state index is 14.0. The number of para-hydroxylation sites is 2. The standard InChI is InChI=1S/C29H30N4O4.C2H6/c1-17-24(19-11-6-8-13-21(19)30-17)26-27(25-18(2)31-22-14-9-7-12-20(22)25)29(36)33(28(26)35)16-10-4-3-5-15-23(34)32-37;1-2/h6-9,11-14,30-31,37H,3-5,10,15-16H2,1-2H3,(H,32,34);1-2H3. The highest BCUT2D eigenvalue weighted by molar-refractivity contribution is 6.51. The second-order valence-corrected chi connectivity index (χ2v) is 9.55. The van der Waals surface area contributed by atoms with E-state index in [9.17, 15) is 14.4 Å². The van der Waals surface area contributed by atoms with Gasteiger partial charge in [-0.1, -0.05) is 63.1 Å². The molecule has 0 unspecified atom stereocenters. The second-order valence-electron chi connectivity index (χ2n) is 9.55. The number of imide groups is 1. The van der Waals surface area contributed by atoms with E-state index in [1.807, 2.05) is 76.2 Å². The van der Waals surface area contributed by atoms with Gasteiger partial charge in [-0.15, -0.1) is 0 Å². The number of fused-ring (bicyclic) bond motifs is 2. The molecule has 2 aromatic heterocycles. The second kappa shape index (κ2) is 12.1. The Morgan fingerprint density at radius 2 is 1.23 bits per heavy atom. The van der Waals surface area contributed by atoms with Gasteiger partial charge in [-0.3, -0.25) is 24.5 Å². The highest BCUT2D eigenvalue weighted by Crippen LogP contribution is 2.43. The van der Waals surface area contributed by atoms with Gasteiger partial charge in [-0.2, -0.15) is 0 Å². The number of aryl methyl sites for hydroxylation is 2. The molecule has 204 valence electrons. The Kier molecular flexibility index (Phi) is 8.66. The normalized spacial score (nSPS) is 13.4. The van der Waals surface area contributed by atoms with Crippen LogP contribution in [0.3, 0.4) is 0 Å². The fourth-order valence-electron chi connectivity index (χ4n) is 5.41. The first-order valence-electron chi connectivity index (χ1n) is 13.6. The molecule has 3 heterocycles. The molecule has 0 bridgehead atoms. The van der Waals surface area contributed by atoms with Gasteiger partial charge in [0.05, 0.1) is 11.1 Å². The Bertz CT molecular complexity index is 1460. The zero-order valence-electron chi connectivity index (χ0n) is 23.0. The van der Waals surface area contributed by atoms with E-state index in [0.717, 1.165) is 57.2 Å². The van der Waals surface area contributed by atoms with Crippen molar-refractivity contribution in [3.05, 3.63) is 71.0 Å². The lowest BCUT2D eigenvalue weighted by Gasteiger charge is -2.15. The number of benzene rings is 2. The number of aromatic nitrogens is 2. The summed E-state index contributed by atoms with van der Waals surface area (Å²) < 4.78 is 0. The number of hydrogen-bond donors (Lipinski definition) is 4. The number of hydrogen-bond acceptors (Lipinski definition) is 4. The number of carbonyl (C=O) groups is 3. The van der Waals surface area contributed by atoms with Crippen LogP contribution >= 0.6 is 0 Å². The molecule has 0 radical (unpaired) electrons. The molecular weight excluding hydrogens is 492 g/mol. The van der Waals surface area contributed by atoms with Crippen LogP contribution < -0.4 is 5.48 Å². The van der Waals surface area contributed by atoms with Crippen LogP contribution in [-0.2, 0) is 14.4 Å². The number of carbonyl (C=O) groups excluding carboxylic acids is 3. The largest absolute Gasteiger partial charge is 0.358 e. The quantitative estimate of drug-likeness (QED) is 0.0918. The van der Waals surface area contributed by atoms with Gasteiger partial charge in [0.2, 0.25) is 5.91 Å². The summed E-state index contributed by atoms with van der Waals surface area (Å²) in [7, 11) is 0. The van der Waals surface area contributed by atoms with Crippen molar-refractivity contribution in [1.29, 1.82) is 0 Å². The highest BCUT2D eigenvalue weighted by atomic mass is 16.5. The molecule has 4 aromatic rings. The first-order valence-corrected chi connectivity index (χ1v) is 13.6. The van der Waals surface area contributed by atoms with Crippen molar-refractivity contribution >= 4 is 50.7 Å². The molecule has 0 saturated carbocycles. The number of nitrogens with zero attached hydrogens (tertiary/aromatic N) is 1. The number of amides is 3. The average Bonchev–Trinajstić information content (AvgIpc) is 3.53. The lowest BCUT2D eigenvalue weighted by Crippen LogP contribution is -2.32. The number of H-pyrrole nitrogens is 2. The molecule has 1 aliphatic rings. The minimum Gasteiger partial charge on any atom is -0.358 e. The van der Waals surface area contributed by atoms with E-state index >= 15 is 0 Å². The Labute approximate surface area is 228 Å². The summed E-state index contributed by atoms with van der Waals surface area (Å²) >= 11 is 0. The van der Waals surface area contributed by atoms with Gasteiger partial charge in [0.15, 0.2) is 0 Å². The number of aromatic amines is 2. The highest BCUT2D eigenvalue weighted by Gasteiger charge is 2.42. The van der Waals surface area contributed by atoms with Gasteiger partial charge in [0.25, 0.3) is 11.8 Å². The fourth-order valence-corrected chi connectivity index (χ4v) is 5.41. The van der Waals surface area contributed by atoms with Crippen LogP contribution in [0.2, 0.25) is 0 Å². The third kappa shape index (κ3) is 5.25. The fraction of sp³-hybridized carbons (Fsp3) is 0.323. The number of nitrogens with one attached hydrogen (secondary N) is 3. The lowest BCUT2D eigenvalue weighted by molar-refractivity contribution is -0.136. The molecule has 4 N–H and O–H groups in total. The molecule has 0 spiro atoms. The minimum atomic E-state index is -0.411. The number of unbranched alkanes of at least 4 members (excludes halogenated alkanes) is 3. The van der Waals surface area contributed by atoms with Gasteiger partial charge in [-0.25, -0.2) is 5.48 Å². The maximum absolute atomic E-state index is 14.0. The summed E-state index contributed by atoms with van der Waals surface area (Å²) in [5, 5.41) is 10.5. The van der Waals surface area contributed by atoms with Crippen molar-refractivity contribution in [1.82, 2.24) is 20.3 Å². The van der Waals surface area contributed by atoms with Crippen molar-refractivity contribution in [2.75, 3.05) is 6.54 Å². The van der Waals surface area contributed by atoms with Crippen molar-refractivity contribution < 1.29 is 19.6 Å². The zero-order chi connectivity index (χ0) is 28.1. The molecule has 5 rings (SSSR count). The van der Waals surface area contributed by atoms with Crippen LogP contribution in [0.1, 0.15) is 68.5 Å². The van der Waals surface area contributed by atoms with Crippen molar-refractivity contribution in [3.8, 4) is 0 Å². The number of rotatable bonds is 9. The first kappa shape index (κ1) is 27.9. The summed E-state index contributed by atoms with van der Waals surface area (Å²) in [4.78, 5) is 47.2. The monoisotopic (exact) mass is 528 g/mol. The minimum absolute atomic E-state index is 0.244. The molecule has 0 saturated heterocycles. The van der Waals surface area contributed by atoms with Gasteiger partial charge in [-0.05, 0) is 38.8 Å². The van der Waals surface area contributed by atoms with E-state index in [4.69, 9.17) is 5.21 Å². The average molecular weight is 529 g/mol. The predicted molar refractivity (Wildman–Crippen MR) is 154 cm³/mol. The predicted octanol–water partition coefficient (Wildman–Crippen LogP) is 6.03. The SMILES string of the molecule is CC.Cc1[nH]c2ccccc2c1C1=C(c2c(C)[nH]c3ccccc23)C(=O)N(CCCCCCC(=O)NO)C1=O. The molecule has 8 heteroatoms. The third-order valence-corrected chi connectivity index (χ3v) is 7.12. The van der Waals surface area contributed by atoms with Crippen LogP contribution in [0, 0.1) is 13.8 Å². The van der Waals surface area contributed by atoms with E-state index in [1.54, 1.807) is 5.48 Å². The molecule has 8 nitrogen and oxygen atoms in total. The van der Waals surface area contributed by atoms with Crippen LogP contribution in [-0.4, -0.2) is 44.3 Å². The van der Waals surface area contributed by atoms with Gasteiger partial charge in [0.1, 0.15) is 0 Å². The van der Waals surface area contributed by atoms with Crippen molar-refractivity contribution in [3.63, 3.8) is 0 Å². The topological polar surface area (TPSA) is 118 Å². The summed E-state index contributed by atoms with van der Waals surface area (Å²) in [6, 6.07) is 15.7. The molecule has 2 aromatic carbocycles. The van der Waals surface area contributed by atoms with E-state index in [1.165, 1.54) is 4.90 Å². The van der Waals surface area contributed by atoms with Crippen LogP contribution in [0.25, 0.3) is 33.0 Å². The van der Waals surface area contributed by atoms with Crippen LogP contribution in [0.4, 0.5) is 0 Å². The molecular formula is C31H36N4O4. The third-order valence-electron chi connectivity index (χ3n) is 7.12. The van der Waals surface area contributed by atoms with E-state index in [2.05, 4.69) is 9.97 Å². The van der Waals surface area contributed by atoms with Gasteiger partial charge in [0, 0.05) is 57.3 Å². The smallest absolute Gasteiger partial charge is 0.262 e. The van der Waals surface area contributed by atoms with Crippen LogP contribution in [0.5, 0.6) is 0 Å². The molecule has 3 amide bonds. The Morgan fingerprint density at radius 1 is 0.769 bits per heavy atom. The Balaban J connectivity index is 0.00000172. The summed E-state index contributed by atoms with van der Waals surface area (Å²) in [6.45, 7) is 8.18. The Hall–Kier alpha value is -4.17.